The van der Waals surface area contributed by atoms with E-state index in [1.54, 1.807) is 18.9 Å². The first kappa shape index (κ1) is 14.6. The molecule has 1 unspecified atom stereocenters. The maximum atomic E-state index is 4.50. The van der Waals surface area contributed by atoms with E-state index in [1.165, 1.54) is 12.8 Å². The van der Waals surface area contributed by atoms with Crippen LogP contribution in [0.4, 0.5) is 5.82 Å². The number of imidazole rings is 1. The third kappa shape index (κ3) is 3.20. The van der Waals surface area contributed by atoms with E-state index in [0.29, 0.717) is 6.04 Å². The van der Waals surface area contributed by atoms with Crippen LogP contribution in [0.5, 0.6) is 0 Å². The molecule has 4 rings (SSSR count). The van der Waals surface area contributed by atoms with E-state index in [9.17, 15) is 0 Å². The number of piperidine rings is 1. The molecule has 2 fully saturated rings. The fraction of sp³-hybridized carbons (Fsp3) is 0.562. The minimum absolute atomic E-state index is 0.637. The van der Waals surface area contributed by atoms with E-state index in [0.717, 1.165) is 50.9 Å². The van der Waals surface area contributed by atoms with Crippen LogP contribution in [-0.4, -0.2) is 69.7 Å². The van der Waals surface area contributed by atoms with Crippen LogP contribution >= 0.6 is 0 Å². The summed E-state index contributed by atoms with van der Waals surface area (Å²) in [6.45, 7) is 6.65. The number of hydrogen-bond donors (Lipinski definition) is 1. The summed E-state index contributed by atoms with van der Waals surface area (Å²) in [5, 5.41) is 3.44. The molecular weight excluding hydrogens is 290 g/mol. The monoisotopic (exact) mass is 313 g/mol. The van der Waals surface area contributed by atoms with E-state index < -0.39 is 0 Å². The Hall–Kier alpha value is -1.99. The van der Waals surface area contributed by atoms with Gasteiger partial charge < -0.3 is 10.2 Å². The van der Waals surface area contributed by atoms with Gasteiger partial charge in [-0.05, 0) is 12.8 Å². The average molecular weight is 313 g/mol. The molecule has 2 aromatic rings. The summed E-state index contributed by atoms with van der Waals surface area (Å²) < 4.78 is 1.92. The Morgan fingerprint density at radius 3 is 2.78 bits per heavy atom. The average Bonchev–Trinajstić information content (AvgIpc) is 3.18. The summed E-state index contributed by atoms with van der Waals surface area (Å²) in [7, 11) is 0. The fourth-order valence-corrected chi connectivity index (χ4v) is 3.55. The second kappa shape index (κ2) is 6.64. The van der Waals surface area contributed by atoms with Crippen molar-refractivity contribution in [2.75, 3.05) is 44.2 Å². The van der Waals surface area contributed by atoms with Gasteiger partial charge >= 0.3 is 0 Å². The highest BCUT2D eigenvalue weighted by molar-refractivity contribution is 5.44. The lowest BCUT2D eigenvalue weighted by Gasteiger charge is -2.41. The van der Waals surface area contributed by atoms with Crippen LogP contribution in [0, 0.1) is 0 Å². The molecule has 0 amide bonds. The maximum absolute atomic E-state index is 4.50. The van der Waals surface area contributed by atoms with E-state index >= 15 is 0 Å². The zero-order valence-corrected chi connectivity index (χ0v) is 13.3. The first-order valence-electron chi connectivity index (χ1n) is 8.40. The van der Waals surface area contributed by atoms with Gasteiger partial charge in [-0.25, -0.2) is 15.0 Å². The van der Waals surface area contributed by atoms with Crippen molar-refractivity contribution in [2.45, 2.75) is 18.9 Å². The van der Waals surface area contributed by atoms with Gasteiger partial charge in [0.25, 0.3) is 0 Å². The number of nitrogens with zero attached hydrogens (tertiary/aromatic N) is 6. The van der Waals surface area contributed by atoms with Crippen molar-refractivity contribution in [3.8, 4) is 5.82 Å². The summed E-state index contributed by atoms with van der Waals surface area (Å²) >= 11 is 0. The molecule has 0 spiro atoms. The van der Waals surface area contributed by atoms with Crippen molar-refractivity contribution in [3.05, 3.63) is 31.1 Å². The van der Waals surface area contributed by atoms with E-state index in [2.05, 4.69) is 36.1 Å². The van der Waals surface area contributed by atoms with Crippen LogP contribution < -0.4 is 10.2 Å². The van der Waals surface area contributed by atoms with Crippen LogP contribution in [0.15, 0.2) is 31.1 Å². The minimum Gasteiger partial charge on any atom is -0.355 e. The molecule has 0 aromatic carbocycles. The molecule has 0 radical (unpaired) electrons. The number of anilines is 1. The standard InChI is InChI=1S/C16H23N7/c1-2-14(21-7-3-17-4-8-21)11-22(6-1)15-10-16(20-12-19-15)23-9-5-18-13-23/h5,9-10,12-14,17H,1-4,6-8,11H2. The quantitative estimate of drug-likeness (QED) is 0.892. The molecule has 2 saturated heterocycles. The molecule has 7 heteroatoms. The van der Waals surface area contributed by atoms with Gasteiger partial charge in [-0.2, -0.15) is 0 Å². The molecule has 0 saturated carbocycles. The molecule has 1 N–H and O–H groups in total. The predicted molar refractivity (Wildman–Crippen MR) is 88.8 cm³/mol. The number of nitrogens with one attached hydrogen (secondary N) is 1. The lowest BCUT2D eigenvalue weighted by Crippen LogP contribution is -2.54. The number of piperazine rings is 1. The molecule has 0 aliphatic carbocycles. The Morgan fingerprint density at radius 1 is 1.09 bits per heavy atom. The smallest absolute Gasteiger partial charge is 0.143 e. The Labute approximate surface area is 136 Å². The first-order chi connectivity index (χ1) is 11.4. The second-order valence-electron chi connectivity index (χ2n) is 6.23. The number of aromatic nitrogens is 4. The van der Waals surface area contributed by atoms with Gasteiger partial charge in [0, 0.05) is 63.8 Å². The third-order valence-electron chi connectivity index (χ3n) is 4.80. The summed E-state index contributed by atoms with van der Waals surface area (Å²) in [6, 6.07) is 2.69. The Bertz CT molecular complexity index is 621. The van der Waals surface area contributed by atoms with Gasteiger partial charge in [-0.15, -0.1) is 0 Å². The van der Waals surface area contributed by atoms with Crippen LogP contribution in [0.25, 0.3) is 5.82 Å². The van der Waals surface area contributed by atoms with Crippen molar-refractivity contribution in [2.24, 2.45) is 0 Å². The van der Waals surface area contributed by atoms with Gasteiger partial charge in [0.2, 0.25) is 0 Å². The Balaban J connectivity index is 1.50. The van der Waals surface area contributed by atoms with Crippen LogP contribution in [0.3, 0.4) is 0 Å². The SMILES string of the molecule is c1cn(-c2cc(N3CCCC(N4CCNCC4)C3)ncn2)cn1. The van der Waals surface area contributed by atoms with Gasteiger partial charge in [0.15, 0.2) is 0 Å². The van der Waals surface area contributed by atoms with Crippen molar-refractivity contribution in [1.29, 1.82) is 0 Å². The zero-order chi connectivity index (χ0) is 15.5. The number of rotatable bonds is 3. The van der Waals surface area contributed by atoms with Crippen LogP contribution in [0.1, 0.15) is 12.8 Å². The van der Waals surface area contributed by atoms with Crippen LogP contribution in [-0.2, 0) is 0 Å². The van der Waals surface area contributed by atoms with Crippen molar-refractivity contribution < 1.29 is 0 Å². The third-order valence-corrected chi connectivity index (χ3v) is 4.80. The largest absolute Gasteiger partial charge is 0.355 e. The highest BCUT2D eigenvalue weighted by atomic mass is 15.3. The van der Waals surface area contributed by atoms with Crippen molar-refractivity contribution in [1.82, 2.24) is 29.7 Å². The van der Waals surface area contributed by atoms with Gasteiger partial charge in [-0.3, -0.25) is 9.47 Å². The molecule has 2 aromatic heterocycles. The summed E-state index contributed by atoms with van der Waals surface area (Å²) in [4.78, 5) is 18.0. The minimum atomic E-state index is 0.637. The molecular formula is C16H23N7. The number of hydrogen-bond acceptors (Lipinski definition) is 6. The van der Waals surface area contributed by atoms with E-state index in [-0.39, 0.29) is 0 Å². The molecule has 23 heavy (non-hydrogen) atoms. The highest BCUT2D eigenvalue weighted by Gasteiger charge is 2.27. The lowest BCUT2D eigenvalue weighted by molar-refractivity contribution is 0.156. The molecule has 2 aliphatic heterocycles. The summed E-state index contributed by atoms with van der Waals surface area (Å²) in [5.74, 6) is 1.89. The highest BCUT2D eigenvalue weighted by Crippen LogP contribution is 2.22. The topological polar surface area (TPSA) is 62.1 Å². The molecule has 122 valence electrons. The van der Waals surface area contributed by atoms with Crippen molar-refractivity contribution in [3.63, 3.8) is 0 Å². The predicted octanol–water partition coefficient (Wildman–Crippen LogP) is 0.536. The second-order valence-corrected chi connectivity index (χ2v) is 6.23. The molecule has 1 atom stereocenters. The Morgan fingerprint density at radius 2 is 1.96 bits per heavy atom. The van der Waals surface area contributed by atoms with Gasteiger partial charge in [0.1, 0.15) is 24.3 Å². The van der Waals surface area contributed by atoms with Crippen molar-refractivity contribution >= 4 is 5.82 Å². The normalized spacial score (nSPS) is 23.1. The van der Waals surface area contributed by atoms with Gasteiger partial charge in [0.05, 0.1) is 0 Å². The fourth-order valence-electron chi connectivity index (χ4n) is 3.55. The summed E-state index contributed by atoms with van der Waals surface area (Å²) in [5.41, 5.74) is 0. The van der Waals surface area contributed by atoms with Gasteiger partial charge in [-0.1, -0.05) is 0 Å². The Kier molecular flexibility index (Phi) is 4.21. The molecule has 0 bridgehead atoms. The molecule has 2 aliphatic rings. The maximum Gasteiger partial charge on any atom is 0.143 e. The summed E-state index contributed by atoms with van der Waals surface area (Å²) in [6.07, 6.45) is 9.61. The van der Waals surface area contributed by atoms with Crippen LogP contribution in [0.2, 0.25) is 0 Å². The zero-order valence-electron chi connectivity index (χ0n) is 13.3. The molecule has 7 nitrogen and oxygen atoms in total. The van der Waals surface area contributed by atoms with E-state index in [4.69, 9.17) is 0 Å². The van der Waals surface area contributed by atoms with E-state index in [1.807, 2.05) is 10.8 Å². The molecule has 4 heterocycles. The first-order valence-corrected chi connectivity index (χ1v) is 8.40. The lowest BCUT2D eigenvalue weighted by atomic mass is 10.0.